The molecule has 4 aliphatic rings. The third-order valence-corrected chi connectivity index (χ3v) is 5.83. The zero-order chi connectivity index (χ0) is 13.4. The second kappa shape index (κ2) is 5.63. The molecule has 0 saturated heterocycles. The second-order valence-electron chi connectivity index (χ2n) is 7.17. The van der Waals surface area contributed by atoms with Gasteiger partial charge in [0.05, 0.1) is 0 Å². The number of rotatable bonds is 5. The van der Waals surface area contributed by atoms with E-state index in [2.05, 4.69) is 5.32 Å². The average Bonchev–Trinajstić information content (AvgIpc) is 2.33. The minimum Gasteiger partial charge on any atom is -0.356 e. The van der Waals surface area contributed by atoms with E-state index in [4.69, 9.17) is 11.6 Å². The zero-order valence-corrected chi connectivity index (χ0v) is 12.7. The van der Waals surface area contributed by atoms with Crippen molar-refractivity contribution in [2.45, 2.75) is 57.2 Å². The molecule has 0 aromatic rings. The number of carbonyl (C=O) groups is 1. The number of alkyl halides is 1. The van der Waals surface area contributed by atoms with Crippen molar-refractivity contribution in [2.24, 2.45) is 29.6 Å². The predicted molar refractivity (Wildman–Crippen MR) is 78.1 cm³/mol. The Morgan fingerprint density at radius 2 is 1.74 bits per heavy atom. The first kappa shape index (κ1) is 13.7. The molecule has 3 heteroatoms. The molecule has 4 aliphatic carbocycles. The Kier molecular flexibility index (Phi) is 4.07. The summed E-state index contributed by atoms with van der Waals surface area (Å²) < 4.78 is 0. The van der Waals surface area contributed by atoms with Crippen molar-refractivity contribution in [3.8, 4) is 0 Å². The molecule has 4 fully saturated rings. The highest BCUT2D eigenvalue weighted by molar-refractivity contribution is 6.20. The highest BCUT2D eigenvalue weighted by Gasteiger charge is 2.50. The fourth-order valence-electron chi connectivity index (χ4n) is 5.07. The van der Waals surface area contributed by atoms with E-state index in [0.29, 0.717) is 23.7 Å². The van der Waals surface area contributed by atoms with Crippen LogP contribution in [0.3, 0.4) is 0 Å². The SMILES string of the molecule is CC(Cl)CCCNC(=O)C1C2CC3CC(C2)CC1C3. The van der Waals surface area contributed by atoms with Gasteiger partial charge in [0.25, 0.3) is 0 Å². The summed E-state index contributed by atoms with van der Waals surface area (Å²) in [5.41, 5.74) is 0. The summed E-state index contributed by atoms with van der Waals surface area (Å²) in [6.07, 6.45) is 8.74. The van der Waals surface area contributed by atoms with Crippen LogP contribution in [-0.4, -0.2) is 17.8 Å². The molecule has 108 valence electrons. The molecule has 0 radical (unpaired) electrons. The van der Waals surface area contributed by atoms with Gasteiger partial charge in [-0.05, 0) is 75.5 Å². The molecule has 1 amide bonds. The van der Waals surface area contributed by atoms with Gasteiger partial charge < -0.3 is 5.32 Å². The minimum absolute atomic E-state index is 0.220. The van der Waals surface area contributed by atoms with Gasteiger partial charge in [0.15, 0.2) is 0 Å². The normalized spacial score (nSPS) is 41.3. The molecule has 1 atom stereocenters. The van der Waals surface area contributed by atoms with Crippen molar-refractivity contribution < 1.29 is 4.79 Å². The Bertz CT molecular complexity index is 314. The van der Waals surface area contributed by atoms with Gasteiger partial charge in [0.1, 0.15) is 0 Å². The van der Waals surface area contributed by atoms with Gasteiger partial charge >= 0.3 is 0 Å². The molecule has 1 unspecified atom stereocenters. The van der Waals surface area contributed by atoms with Crippen molar-refractivity contribution in [2.75, 3.05) is 6.54 Å². The minimum atomic E-state index is 0.220. The zero-order valence-electron chi connectivity index (χ0n) is 11.9. The lowest BCUT2D eigenvalue weighted by Gasteiger charge is -2.53. The number of carbonyl (C=O) groups excluding carboxylic acids is 1. The van der Waals surface area contributed by atoms with Crippen molar-refractivity contribution in [1.82, 2.24) is 5.32 Å². The van der Waals surface area contributed by atoms with Crippen LogP contribution in [-0.2, 0) is 4.79 Å². The molecule has 0 aliphatic heterocycles. The number of hydrogen-bond donors (Lipinski definition) is 1. The summed E-state index contributed by atoms with van der Waals surface area (Å²) in [4.78, 5) is 12.4. The molecule has 0 aromatic heterocycles. The summed E-state index contributed by atoms with van der Waals surface area (Å²) in [5, 5.41) is 3.39. The molecular weight excluding hydrogens is 258 g/mol. The maximum absolute atomic E-state index is 12.4. The molecule has 4 saturated carbocycles. The Morgan fingerprint density at radius 1 is 1.16 bits per heavy atom. The highest BCUT2D eigenvalue weighted by Crippen LogP contribution is 2.56. The lowest BCUT2D eigenvalue weighted by Crippen LogP contribution is -2.51. The van der Waals surface area contributed by atoms with E-state index >= 15 is 0 Å². The van der Waals surface area contributed by atoms with Gasteiger partial charge in [-0.2, -0.15) is 0 Å². The van der Waals surface area contributed by atoms with Crippen LogP contribution in [0.25, 0.3) is 0 Å². The number of hydrogen-bond acceptors (Lipinski definition) is 1. The lowest BCUT2D eigenvalue weighted by atomic mass is 9.51. The predicted octanol–water partition coefficient (Wildman–Crippen LogP) is 3.58. The maximum Gasteiger partial charge on any atom is 0.223 e. The van der Waals surface area contributed by atoms with Crippen LogP contribution in [0.2, 0.25) is 0 Å². The summed E-state index contributed by atoms with van der Waals surface area (Å²) in [6.45, 7) is 2.82. The third-order valence-electron chi connectivity index (χ3n) is 5.61. The van der Waals surface area contributed by atoms with E-state index in [0.717, 1.165) is 31.2 Å². The highest BCUT2D eigenvalue weighted by atomic mass is 35.5. The summed E-state index contributed by atoms with van der Waals surface area (Å²) in [5.74, 6) is 3.97. The molecule has 4 rings (SSSR count). The summed E-state index contributed by atoms with van der Waals surface area (Å²) in [7, 11) is 0. The van der Waals surface area contributed by atoms with Crippen LogP contribution >= 0.6 is 11.6 Å². The van der Waals surface area contributed by atoms with E-state index in [1.165, 1.54) is 32.1 Å². The Hall–Kier alpha value is -0.240. The van der Waals surface area contributed by atoms with Gasteiger partial charge in [0.2, 0.25) is 5.91 Å². The van der Waals surface area contributed by atoms with Crippen LogP contribution in [0, 0.1) is 29.6 Å². The fraction of sp³-hybridized carbons (Fsp3) is 0.938. The molecule has 4 bridgehead atoms. The molecule has 0 aromatic carbocycles. The van der Waals surface area contributed by atoms with E-state index in [1.807, 2.05) is 6.92 Å². The van der Waals surface area contributed by atoms with Gasteiger partial charge in [0, 0.05) is 17.8 Å². The molecular formula is C16H26ClNO. The standard InChI is InChI=1S/C16H26ClNO/c1-10(17)3-2-4-18-16(19)15-13-6-11-5-12(8-13)9-14(15)7-11/h10-15H,2-9H2,1H3,(H,18,19). The van der Waals surface area contributed by atoms with Crippen LogP contribution < -0.4 is 5.32 Å². The lowest BCUT2D eigenvalue weighted by molar-refractivity contribution is -0.138. The van der Waals surface area contributed by atoms with Gasteiger partial charge in [-0.1, -0.05) is 0 Å². The third kappa shape index (κ3) is 2.94. The van der Waals surface area contributed by atoms with Gasteiger partial charge in [-0.3, -0.25) is 4.79 Å². The van der Waals surface area contributed by atoms with E-state index in [9.17, 15) is 4.79 Å². The van der Waals surface area contributed by atoms with Crippen LogP contribution in [0.4, 0.5) is 0 Å². The number of halogens is 1. The Morgan fingerprint density at radius 3 is 2.26 bits per heavy atom. The van der Waals surface area contributed by atoms with Crippen LogP contribution in [0.5, 0.6) is 0 Å². The van der Waals surface area contributed by atoms with E-state index in [-0.39, 0.29) is 5.38 Å². The smallest absolute Gasteiger partial charge is 0.223 e. The van der Waals surface area contributed by atoms with E-state index < -0.39 is 0 Å². The first-order chi connectivity index (χ1) is 9.13. The fourth-order valence-corrected chi connectivity index (χ4v) is 5.22. The molecule has 0 heterocycles. The largest absolute Gasteiger partial charge is 0.356 e. The first-order valence-corrected chi connectivity index (χ1v) is 8.49. The van der Waals surface area contributed by atoms with Gasteiger partial charge in [-0.25, -0.2) is 0 Å². The Labute approximate surface area is 121 Å². The molecule has 19 heavy (non-hydrogen) atoms. The Balaban J connectivity index is 1.50. The first-order valence-electron chi connectivity index (χ1n) is 8.05. The van der Waals surface area contributed by atoms with Crippen LogP contribution in [0.15, 0.2) is 0 Å². The molecule has 2 nitrogen and oxygen atoms in total. The summed E-state index contributed by atoms with van der Waals surface area (Å²) >= 11 is 5.93. The molecule has 0 spiro atoms. The van der Waals surface area contributed by atoms with Gasteiger partial charge in [-0.15, -0.1) is 11.6 Å². The van der Waals surface area contributed by atoms with Crippen molar-refractivity contribution in [3.05, 3.63) is 0 Å². The van der Waals surface area contributed by atoms with Crippen molar-refractivity contribution in [1.29, 1.82) is 0 Å². The average molecular weight is 284 g/mol. The summed E-state index contributed by atoms with van der Waals surface area (Å²) in [6, 6.07) is 0. The topological polar surface area (TPSA) is 29.1 Å². The quantitative estimate of drug-likeness (QED) is 0.606. The number of amides is 1. The van der Waals surface area contributed by atoms with E-state index in [1.54, 1.807) is 0 Å². The van der Waals surface area contributed by atoms with Crippen molar-refractivity contribution in [3.63, 3.8) is 0 Å². The second-order valence-corrected chi connectivity index (χ2v) is 7.92. The number of nitrogens with one attached hydrogen (secondary N) is 1. The monoisotopic (exact) mass is 283 g/mol. The van der Waals surface area contributed by atoms with Crippen LogP contribution in [0.1, 0.15) is 51.9 Å². The maximum atomic E-state index is 12.4. The molecule has 1 N–H and O–H groups in total. The van der Waals surface area contributed by atoms with Crippen molar-refractivity contribution >= 4 is 17.5 Å².